The maximum absolute atomic E-state index is 12.4. The number of likely N-dealkylation sites (N-methyl/N-ethyl adjacent to an activating group) is 1. The second-order valence-corrected chi connectivity index (χ2v) is 4.46. The molecule has 3 rings (SSSR count). The lowest BCUT2D eigenvalue weighted by Gasteiger charge is -2.22. The van der Waals surface area contributed by atoms with E-state index in [0.717, 1.165) is 5.69 Å². The zero-order chi connectivity index (χ0) is 12.8. The Balaban J connectivity index is 2.27. The molecule has 3 heteroatoms. The summed E-state index contributed by atoms with van der Waals surface area (Å²) in [5.74, 6) is -0.310. The normalized spacial score (nSPS) is 22.1. The average Bonchev–Trinajstić information content (AvgIpc) is 2.64. The molecule has 1 heterocycles. The topological polar surface area (TPSA) is 40.5 Å². The number of para-hydroxylation sites is 1. The smallest absolute Gasteiger partial charge is 0.268 e. The molecule has 3 nitrogen and oxygen atoms in total. The monoisotopic (exact) mass is 239 g/mol. The van der Waals surface area contributed by atoms with Crippen LogP contribution in [0.25, 0.3) is 0 Å². The number of carbonyl (C=O) groups is 1. The lowest BCUT2D eigenvalue weighted by Crippen LogP contribution is -2.39. The number of rotatable bonds is 1. The zero-order valence-electron chi connectivity index (χ0n) is 10.00. The van der Waals surface area contributed by atoms with Crippen LogP contribution in [0.4, 0.5) is 5.69 Å². The van der Waals surface area contributed by atoms with Crippen LogP contribution in [0.1, 0.15) is 11.1 Å². The molecule has 0 radical (unpaired) electrons. The number of anilines is 1. The van der Waals surface area contributed by atoms with Crippen molar-refractivity contribution in [2.24, 2.45) is 0 Å². The third kappa shape index (κ3) is 1.25. The van der Waals surface area contributed by atoms with Crippen molar-refractivity contribution in [2.45, 2.75) is 5.60 Å². The number of hydrogen-bond acceptors (Lipinski definition) is 2. The molecule has 2 aromatic rings. The Morgan fingerprint density at radius 2 is 1.61 bits per heavy atom. The van der Waals surface area contributed by atoms with E-state index < -0.39 is 5.60 Å². The minimum atomic E-state index is -1.56. The van der Waals surface area contributed by atoms with Crippen molar-refractivity contribution >= 4 is 11.6 Å². The summed E-state index contributed by atoms with van der Waals surface area (Å²) < 4.78 is 0. The summed E-state index contributed by atoms with van der Waals surface area (Å²) in [6.07, 6.45) is 0. The predicted molar refractivity (Wildman–Crippen MR) is 69.3 cm³/mol. The number of nitrogens with zero attached hydrogens (tertiary/aromatic N) is 1. The largest absolute Gasteiger partial charge is 0.372 e. The number of carbonyl (C=O) groups excluding carboxylic acids is 1. The number of amides is 1. The van der Waals surface area contributed by atoms with Crippen molar-refractivity contribution in [3.63, 3.8) is 0 Å². The maximum atomic E-state index is 12.4. The van der Waals surface area contributed by atoms with E-state index in [-0.39, 0.29) is 5.91 Å². The van der Waals surface area contributed by atoms with E-state index >= 15 is 0 Å². The lowest BCUT2D eigenvalue weighted by atomic mass is 9.88. The Labute approximate surface area is 105 Å². The molecule has 0 fully saturated rings. The molecule has 0 spiro atoms. The summed E-state index contributed by atoms with van der Waals surface area (Å²) in [5, 5.41) is 10.9. The van der Waals surface area contributed by atoms with Gasteiger partial charge in [-0.3, -0.25) is 4.79 Å². The first kappa shape index (κ1) is 11.0. The van der Waals surface area contributed by atoms with E-state index in [1.54, 1.807) is 25.2 Å². The molecule has 0 saturated heterocycles. The first-order chi connectivity index (χ1) is 8.65. The molecule has 0 aromatic heterocycles. The Kier molecular flexibility index (Phi) is 2.25. The van der Waals surface area contributed by atoms with Crippen LogP contribution >= 0.6 is 0 Å². The number of hydrogen-bond donors (Lipinski definition) is 1. The van der Waals surface area contributed by atoms with Crippen molar-refractivity contribution in [3.05, 3.63) is 65.7 Å². The average molecular weight is 239 g/mol. The molecular weight excluding hydrogens is 226 g/mol. The fraction of sp³-hybridized carbons (Fsp3) is 0.133. The Morgan fingerprint density at radius 3 is 2.33 bits per heavy atom. The van der Waals surface area contributed by atoms with Gasteiger partial charge in [-0.2, -0.15) is 0 Å². The molecule has 1 amide bonds. The quantitative estimate of drug-likeness (QED) is 0.825. The SMILES string of the molecule is CN1C(=O)C(O)(c2ccccc2)c2ccccc21. The predicted octanol–water partition coefficient (Wildman–Crippen LogP) is 1.90. The van der Waals surface area contributed by atoms with Gasteiger partial charge in [-0.05, 0) is 11.6 Å². The van der Waals surface area contributed by atoms with Crippen LogP contribution in [0.3, 0.4) is 0 Å². The molecule has 90 valence electrons. The van der Waals surface area contributed by atoms with Crippen LogP contribution < -0.4 is 4.90 Å². The van der Waals surface area contributed by atoms with E-state index in [4.69, 9.17) is 0 Å². The van der Waals surface area contributed by atoms with Crippen molar-refractivity contribution < 1.29 is 9.90 Å². The highest BCUT2D eigenvalue weighted by molar-refractivity contribution is 6.08. The zero-order valence-corrected chi connectivity index (χ0v) is 10.00. The van der Waals surface area contributed by atoms with E-state index in [0.29, 0.717) is 11.1 Å². The van der Waals surface area contributed by atoms with Gasteiger partial charge >= 0.3 is 0 Å². The van der Waals surface area contributed by atoms with Gasteiger partial charge in [0, 0.05) is 12.6 Å². The molecule has 1 unspecified atom stereocenters. The van der Waals surface area contributed by atoms with E-state index in [2.05, 4.69) is 0 Å². The molecule has 0 bridgehead atoms. The van der Waals surface area contributed by atoms with Gasteiger partial charge in [0.1, 0.15) is 0 Å². The summed E-state index contributed by atoms with van der Waals surface area (Å²) in [5.41, 5.74) is 0.441. The Hall–Kier alpha value is -2.13. The minimum Gasteiger partial charge on any atom is -0.372 e. The highest BCUT2D eigenvalue weighted by Crippen LogP contribution is 2.43. The molecule has 2 aromatic carbocycles. The Morgan fingerprint density at radius 1 is 1.00 bits per heavy atom. The standard InChI is InChI=1S/C15H13NO2/c1-16-13-10-6-5-9-12(13)15(18,14(16)17)11-7-3-2-4-8-11/h2-10,18H,1H3. The van der Waals surface area contributed by atoms with Crippen LogP contribution in [0.15, 0.2) is 54.6 Å². The summed E-state index contributed by atoms with van der Waals surface area (Å²) in [6, 6.07) is 16.4. The molecular formula is C15H13NO2. The second kappa shape index (κ2) is 3.68. The molecule has 18 heavy (non-hydrogen) atoms. The summed E-state index contributed by atoms with van der Waals surface area (Å²) >= 11 is 0. The molecule has 1 atom stereocenters. The van der Waals surface area contributed by atoms with Crippen molar-refractivity contribution in [3.8, 4) is 0 Å². The van der Waals surface area contributed by atoms with Gasteiger partial charge in [0.2, 0.25) is 0 Å². The second-order valence-electron chi connectivity index (χ2n) is 4.46. The highest BCUT2D eigenvalue weighted by atomic mass is 16.3. The van der Waals surface area contributed by atoms with Crippen LogP contribution in [0.5, 0.6) is 0 Å². The van der Waals surface area contributed by atoms with Crippen molar-refractivity contribution in [2.75, 3.05) is 11.9 Å². The first-order valence-corrected chi connectivity index (χ1v) is 5.81. The molecule has 1 aliphatic rings. The Bertz CT molecular complexity index is 609. The van der Waals surface area contributed by atoms with Crippen LogP contribution in [0.2, 0.25) is 0 Å². The fourth-order valence-electron chi connectivity index (χ4n) is 2.50. The first-order valence-electron chi connectivity index (χ1n) is 5.81. The number of aliphatic hydroxyl groups is 1. The van der Waals surface area contributed by atoms with Crippen LogP contribution in [0, 0.1) is 0 Å². The van der Waals surface area contributed by atoms with Gasteiger partial charge in [0.25, 0.3) is 5.91 Å². The van der Waals surface area contributed by atoms with Gasteiger partial charge in [-0.1, -0.05) is 48.5 Å². The molecule has 0 aliphatic carbocycles. The summed E-state index contributed by atoms with van der Waals surface area (Å²) in [7, 11) is 1.68. The number of fused-ring (bicyclic) bond motifs is 1. The maximum Gasteiger partial charge on any atom is 0.268 e. The van der Waals surface area contributed by atoms with Crippen molar-refractivity contribution in [1.82, 2.24) is 0 Å². The molecule has 0 saturated carbocycles. The van der Waals surface area contributed by atoms with E-state index in [9.17, 15) is 9.90 Å². The lowest BCUT2D eigenvalue weighted by molar-refractivity contribution is -0.131. The third-order valence-electron chi connectivity index (χ3n) is 3.46. The number of benzene rings is 2. The van der Waals surface area contributed by atoms with Gasteiger partial charge in [0.05, 0.1) is 5.69 Å². The highest BCUT2D eigenvalue weighted by Gasteiger charge is 2.49. The van der Waals surface area contributed by atoms with E-state index in [1.165, 1.54) is 4.90 Å². The van der Waals surface area contributed by atoms with E-state index in [1.807, 2.05) is 36.4 Å². The molecule has 1 N–H and O–H groups in total. The van der Waals surface area contributed by atoms with Gasteiger partial charge < -0.3 is 10.0 Å². The van der Waals surface area contributed by atoms with Gasteiger partial charge in [-0.25, -0.2) is 0 Å². The van der Waals surface area contributed by atoms with Crippen molar-refractivity contribution in [1.29, 1.82) is 0 Å². The molecule has 1 aliphatic heterocycles. The van der Waals surface area contributed by atoms with Gasteiger partial charge in [0.15, 0.2) is 5.60 Å². The van der Waals surface area contributed by atoms with Gasteiger partial charge in [-0.15, -0.1) is 0 Å². The fourth-order valence-corrected chi connectivity index (χ4v) is 2.50. The summed E-state index contributed by atoms with van der Waals surface area (Å²) in [4.78, 5) is 13.9. The third-order valence-corrected chi connectivity index (χ3v) is 3.46. The minimum absolute atomic E-state index is 0.310. The van der Waals surface area contributed by atoms with Crippen LogP contribution in [-0.2, 0) is 10.4 Å². The van der Waals surface area contributed by atoms with Crippen LogP contribution in [-0.4, -0.2) is 18.1 Å². The summed E-state index contributed by atoms with van der Waals surface area (Å²) in [6.45, 7) is 0.